The minimum absolute atomic E-state index is 0.135. The van der Waals surface area contributed by atoms with E-state index in [1.165, 1.54) is 0 Å². The second-order valence-electron chi connectivity index (χ2n) is 3.85. The summed E-state index contributed by atoms with van der Waals surface area (Å²) in [5, 5.41) is 0. The van der Waals surface area contributed by atoms with Gasteiger partial charge in [-0.3, -0.25) is 0 Å². The van der Waals surface area contributed by atoms with Crippen molar-refractivity contribution < 1.29 is 18.6 Å². The second-order valence-corrected chi connectivity index (χ2v) is 9.69. The van der Waals surface area contributed by atoms with Gasteiger partial charge in [0.1, 0.15) is 0 Å². The van der Waals surface area contributed by atoms with Crippen molar-refractivity contribution in [1.82, 2.24) is 0 Å². The van der Waals surface area contributed by atoms with Crippen molar-refractivity contribution in [1.29, 1.82) is 0 Å². The summed E-state index contributed by atoms with van der Waals surface area (Å²) in [5.74, 6) is 0. The van der Waals surface area contributed by atoms with Crippen LogP contribution in [-0.2, 0) is 18.6 Å². The van der Waals surface area contributed by atoms with E-state index in [1.807, 2.05) is 0 Å². The molecule has 0 atom stereocenters. The number of nitrogens with two attached hydrogens (primary N) is 5. The molecular weight excluding hydrogens is 345 g/mol. The van der Waals surface area contributed by atoms with Crippen LogP contribution < -0.4 is 28.7 Å². The van der Waals surface area contributed by atoms with Gasteiger partial charge < -0.3 is 0 Å². The third-order valence-electron chi connectivity index (χ3n) is 2.10. The van der Waals surface area contributed by atoms with Gasteiger partial charge in [-0.05, 0) is 0 Å². The molecule has 0 aromatic heterocycles. The molecule has 0 aliphatic carbocycles. The topological polar surface area (TPSA) is 176 Å². The normalized spacial score (nSPS) is 14.0. The molecule has 0 aliphatic heterocycles. The Hall–Kier alpha value is 0.158. The molecule has 0 saturated carbocycles. The van der Waals surface area contributed by atoms with Crippen LogP contribution in [0.2, 0.25) is 0 Å². The number of hydrogen-bond acceptors (Lipinski definition) is 10. The Kier molecular flexibility index (Phi) is 11.8. The Labute approximate surface area is 127 Å². The molecule has 0 unspecified atom stereocenters. The standard InChI is InChI=1S/C10H30AsN5O5/c12-1-6-17-11(18-7-2-13,19-8-3-14,20-9-4-15)21-10-5-16/h1-10,12-16H2. The quantitative estimate of drug-likeness (QED) is 0.183. The molecular formula is C10H30AsN5O5. The van der Waals surface area contributed by atoms with Crippen molar-refractivity contribution >= 4 is 14.2 Å². The summed E-state index contributed by atoms with van der Waals surface area (Å²) in [7, 11) is 0. The van der Waals surface area contributed by atoms with E-state index in [9.17, 15) is 0 Å². The van der Waals surface area contributed by atoms with E-state index in [0.717, 1.165) is 0 Å². The van der Waals surface area contributed by atoms with Crippen molar-refractivity contribution in [2.45, 2.75) is 0 Å². The van der Waals surface area contributed by atoms with Gasteiger partial charge >= 0.3 is 127 Å². The summed E-state index contributed by atoms with van der Waals surface area (Å²) in [6.45, 7) is 1.88. The molecule has 0 aromatic carbocycles. The molecule has 0 heterocycles. The Morgan fingerprint density at radius 1 is 0.429 bits per heavy atom. The van der Waals surface area contributed by atoms with Gasteiger partial charge in [0, 0.05) is 0 Å². The average molecular weight is 375 g/mol. The molecule has 0 rings (SSSR count). The van der Waals surface area contributed by atoms with Crippen molar-refractivity contribution in [3.63, 3.8) is 0 Å². The molecule has 0 amide bonds. The van der Waals surface area contributed by atoms with Gasteiger partial charge in [0.05, 0.1) is 0 Å². The molecule has 21 heavy (non-hydrogen) atoms. The van der Waals surface area contributed by atoms with Crippen molar-refractivity contribution in [2.24, 2.45) is 28.7 Å². The predicted octanol–water partition coefficient (Wildman–Crippen LogP) is -3.25. The van der Waals surface area contributed by atoms with E-state index in [-0.39, 0.29) is 65.8 Å². The van der Waals surface area contributed by atoms with Crippen LogP contribution >= 0.6 is 0 Å². The van der Waals surface area contributed by atoms with E-state index < -0.39 is 14.2 Å². The fourth-order valence-corrected chi connectivity index (χ4v) is 7.18. The van der Waals surface area contributed by atoms with Crippen LogP contribution in [0.25, 0.3) is 0 Å². The van der Waals surface area contributed by atoms with E-state index in [4.69, 9.17) is 47.3 Å². The molecule has 0 aliphatic rings. The molecule has 0 radical (unpaired) electrons. The van der Waals surface area contributed by atoms with Crippen LogP contribution in [0.15, 0.2) is 0 Å². The van der Waals surface area contributed by atoms with Gasteiger partial charge in [0.15, 0.2) is 0 Å². The fourth-order valence-electron chi connectivity index (χ4n) is 1.38. The summed E-state index contributed by atoms with van der Waals surface area (Å²) in [5.41, 5.74) is 27.5. The maximum absolute atomic E-state index is 5.72. The van der Waals surface area contributed by atoms with Gasteiger partial charge in [0.2, 0.25) is 0 Å². The van der Waals surface area contributed by atoms with E-state index in [1.54, 1.807) is 0 Å². The maximum atomic E-state index is 5.72. The molecule has 130 valence electrons. The van der Waals surface area contributed by atoms with Crippen molar-refractivity contribution in [2.75, 3.05) is 65.8 Å². The molecule has 10 nitrogen and oxygen atoms in total. The third kappa shape index (κ3) is 7.31. The summed E-state index contributed by atoms with van der Waals surface area (Å²) in [6.07, 6.45) is 0. The molecule has 0 fully saturated rings. The zero-order valence-electron chi connectivity index (χ0n) is 12.4. The molecule has 0 bridgehead atoms. The van der Waals surface area contributed by atoms with Gasteiger partial charge in [-0.25, -0.2) is 0 Å². The van der Waals surface area contributed by atoms with E-state index in [2.05, 4.69) is 0 Å². The molecule has 10 N–H and O–H groups in total. The predicted molar refractivity (Wildman–Crippen MR) is 80.8 cm³/mol. The Morgan fingerprint density at radius 3 is 0.762 bits per heavy atom. The second kappa shape index (κ2) is 11.7. The van der Waals surface area contributed by atoms with Crippen molar-refractivity contribution in [3.8, 4) is 0 Å². The molecule has 11 heteroatoms. The fraction of sp³-hybridized carbons (Fsp3) is 1.00. The van der Waals surface area contributed by atoms with Crippen LogP contribution in [0.4, 0.5) is 0 Å². The van der Waals surface area contributed by atoms with Crippen LogP contribution in [0, 0.1) is 0 Å². The summed E-state index contributed by atoms with van der Waals surface area (Å²) in [6, 6.07) is 0. The number of hydrogen-bond donors (Lipinski definition) is 5. The van der Waals surface area contributed by atoms with Crippen LogP contribution in [0.5, 0.6) is 0 Å². The Balaban J connectivity index is 5.33. The van der Waals surface area contributed by atoms with E-state index >= 15 is 0 Å². The first-order valence-corrected chi connectivity index (χ1v) is 10.7. The van der Waals surface area contributed by atoms with Gasteiger partial charge in [0.25, 0.3) is 0 Å². The van der Waals surface area contributed by atoms with Crippen LogP contribution in [0.1, 0.15) is 0 Å². The Bertz CT molecular complexity index is 200. The Morgan fingerprint density at radius 2 is 0.619 bits per heavy atom. The summed E-state index contributed by atoms with van der Waals surface area (Å²) < 4.78 is 28.6. The minimum atomic E-state index is -4.98. The average Bonchev–Trinajstić information content (AvgIpc) is 2.53. The van der Waals surface area contributed by atoms with E-state index in [0.29, 0.717) is 0 Å². The third-order valence-corrected chi connectivity index (χ3v) is 8.44. The zero-order valence-corrected chi connectivity index (χ0v) is 14.3. The first-order valence-electron chi connectivity index (χ1n) is 6.90. The molecule has 0 aromatic rings. The molecule has 0 saturated heterocycles. The summed E-state index contributed by atoms with van der Waals surface area (Å²) >= 11 is -4.98. The first-order chi connectivity index (χ1) is 10.1. The van der Waals surface area contributed by atoms with Crippen LogP contribution in [0.3, 0.4) is 0 Å². The SMILES string of the molecule is NCCO[As](OCCN)(OCCN)(OCCN)OCCN. The molecule has 0 spiro atoms. The monoisotopic (exact) mass is 375 g/mol. The van der Waals surface area contributed by atoms with Gasteiger partial charge in [-0.15, -0.1) is 0 Å². The first kappa shape index (κ1) is 21.2. The summed E-state index contributed by atoms with van der Waals surface area (Å²) in [4.78, 5) is 0. The van der Waals surface area contributed by atoms with Crippen LogP contribution in [-0.4, -0.2) is 79.9 Å². The zero-order chi connectivity index (χ0) is 16.1. The van der Waals surface area contributed by atoms with Gasteiger partial charge in [-0.1, -0.05) is 0 Å². The van der Waals surface area contributed by atoms with Crippen molar-refractivity contribution in [3.05, 3.63) is 0 Å². The van der Waals surface area contributed by atoms with Gasteiger partial charge in [-0.2, -0.15) is 0 Å². The number of rotatable bonds is 15.